The van der Waals surface area contributed by atoms with Crippen molar-refractivity contribution in [2.75, 3.05) is 13.1 Å². The lowest BCUT2D eigenvalue weighted by Gasteiger charge is -2.36. The standard InChI is InChI=1S/C22H18F6N2O3/c23-16-5-1-3-14(7-16)10-21(25,26)12-29-18(31)9-19(32)30(20(29)33)13-22(27,28)11-15-4-2-6-17(24)8-15/h1-8H,9-13H2. The van der Waals surface area contributed by atoms with E-state index in [0.717, 1.165) is 24.3 Å². The minimum Gasteiger partial charge on any atom is -0.274 e. The third kappa shape index (κ3) is 6.33. The first-order chi connectivity index (χ1) is 15.3. The predicted molar refractivity (Wildman–Crippen MR) is 104 cm³/mol. The van der Waals surface area contributed by atoms with Crippen LogP contribution in [0.3, 0.4) is 0 Å². The first-order valence-corrected chi connectivity index (χ1v) is 9.74. The van der Waals surface area contributed by atoms with Crippen LogP contribution in [0.15, 0.2) is 48.5 Å². The number of urea groups is 1. The third-order valence-electron chi connectivity index (χ3n) is 4.85. The van der Waals surface area contributed by atoms with Crippen LogP contribution in [0.2, 0.25) is 0 Å². The average molecular weight is 472 g/mol. The topological polar surface area (TPSA) is 57.7 Å². The lowest BCUT2D eigenvalue weighted by atomic mass is 10.1. The molecule has 0 atom stereocenters. The second-order valence-corrected chi connectivity index (χ2v) is 7.74. The van der Waals surface area contributed by atoms with Crippen LogP contribution in [0, 0.1) is 11.6 Å². The number of hydrogen-bond acceptors (Lipinski definition) is 3. The predicted octanol–water partition coefficient (Wildman–Crippen LogP) is 4.20. The van der Waals surface area contributed by atoms with Crippen molar-refractivity contribution in [3.8, 4) is 0 Å². The van der Waals surface area contributed by atoms with Crippen LogP contribution in [0.4, 0.5) is 31.1 Å². The summed E-state index contributed by atoms with van der Waals surface area (Å²) in [7, 11) is 0. The fourth-order valence-electron chi connectivity index (χ4n) is 3.46. The third-order valence-corrected chi connectivity index (χ3v) is 4.85. The van der Waals surface area contributed by atoms with Crippen LogP contribution in [-0.4, -0.2) is 52.6 Å². The van der Waals surface area contributed by atoms with Crippen LogP contribution in [0.1, 0.15) is 17.5 Å². The van der Waals surface area contributed by atoms with E-state index in [4.69, 9.17) is 0 Å². The minimum absolute atomic E-state index is 0.0406. The van der Waals surface area contributed by atoms with E-state index in [2.05, 4.69) is 0 Å². The minimum atomic E-state index is -3.71. The lowest BCUT2D eigenvalue weighted by Crippen LogP contribution is -2.60. The van der Waals surface area contributed by atoms with E-state index in [1.165, 1.54) is 24.3 Å². The van der Waals surface area contributed by atoms with Crippen molar-refractivity contribution in [2.24, 2.45) is 0 Å². The molecule has 0 aromatic heterocycles. The molecule has 11 heteroatoms. The first kappa shape index (κ1) is 24.3. The molecule has 3 rings (SSSR count). The maximum absolute atomic E-state index is 14.5. The zero-order valence-electron chi connectivity index (χ0n) is 17.0. The Bertz CT molecular complexity index is 994. The summed E-state index contributed by atoms with van der Waals surface area (Å²) in [5.41, 5.74) is -0.210. The SMILES string of the molecule is O=C1CC(=O)N(CC(F)(F)Cc2cccc(F)c2)C(=O)N1CC(F)(F)Cc1cccc(F)c1. The molecule has 2 aromatic rings. The molecule has 1 aliphatic heterocycles. The second kappa shape index (κ2) is 9.24. The molecule has 0 unspecified atom stereocenters. The highest BCUT2D eigenvalue weighted by Crippen LogP contribution is 2.28. The quantitative estimate of drug-likeness (QED) is 0.428. The first-order valence-electron chi connectivity index (χ1n) is 9.74. The molecule has 0 spiro atoms. The largest absolute Gasteiger partial charge is 0.333 e. The summed E-state index contributed by atoms with van der Waals surface area (Å²) in [5, 5.41) is 0. The average Bonchev–Trinajstić information content (AvgIpc) is 2.68. The van der Waals surface area contributed by atoms with E-state index in [1.54, 1.807) is 0 Å². The van der Waals surface area contributed by atoms with Gasteiger partial charge in [0.25, 0.3) is 11.8 Å². The van der Waals surface area contributed by atoms with Gasteiger partial charge in [-0.3, -0.25) is 19.4 Å². The van der Waals surface area contributed by atoms with Gasteiger partial charge >= 0.3 is 6.03 Å². The molecule has 4 amide bonds. The van der Waals surface area contributed by atoms with E-state index in [1.807, 2.05) is 0 Å². The van der Waals surface area contributed by atoms with E-state index < -0.39 is 73.7 Å². The maximum Gasteiger partial charge on any atom is 0.333 e. The van der Waals surface area contributed by atoms with E-state index in [-0.39, 0.29) is 20.9 Å². The monoisotopic (exact) mass is 472 g/mol. The van der Waals surface area contributed by atoms with E-state index >= 15 is 0 Å². The Morgan fingerprint density at radius 1 is 0.697 bits per heavy atom. The number of nitrogens with zero attached hydrogens (tertiary/aromatic N) is 2. The molecule has 0 bridgehead atoms. The molecule has 1 aliphatic rings. The van der Waals surface area contributed by atoms with Crippen LogP contribution < -0.4 is 0 Å². The van der Waals surface area contributed by atoms with Gasteiger partial charge in [0.1, 0.15) is 18.1 Å². The molecule has 5 nitrogen and oxygen atoms in total. The Labute approximate surface area is 184 Å². The zero-order chi connectivity index (χ0) is 24.4. The van der Waals surface area contributed by atoms with Crippen LogP contribution >= 0.6 is 0 Å². The molecule has 0 saturated carbocycles. The summed E-state index contributed by atoms with van der Waals surface area (Å²) in [6, 6.07) is 7.07. The summed E-state index contributed by atoms with van der Waals surface area (Å²) < 4.78 is 84.5. The Morgan fingerprint density at radius 2 is 1.09 bits per heavy atom. The summed E-state index contributed by atoms with van der Waals surface area (Å²) in [6.45, 7) is -2.94. The molecule has 176 valence electrons. The van der Waals surface area contributed by atoms with Gasteiger partial charge in [-0.05, 0) is 35.4 Å². The van der Waals surface area contributed by atoms with Crippen molar-refractivity contribution in [3.63, 3.8) is 0 Å². The molecular formula is C22H18F6N2O3. The normalized spacial score (nSPS) is 15.4. The van der Waals surface area contributed by atoms with Crippen molar-refractivity contribution in [1.82, 2.24) is 9.80 Å². The van der Waals surface area contributed by atoms with Gasteiger partial charge in [0.2, 0.25) is 11.8 Å². The molecule has 0 N–H and O–H groups in total. The number of amides is 4. The maximum atomic E-state index is 14.5. The Hall–Kier alpha value is -3.37. The van der Waals surface area contributed by atoms with Crippen LogP contribution in [0.25, 0.3) is 0 Å². The molecule has 1 fully saturated rings. The fraction of sp³-hybridized carbons (Fsp3) is 0.318. The molecule has 33 heavy (non-hydrogen) atoms. The van der Waals surface area contributed by atoms with Crippen molar-refractivity contribution in [3.05, 3.63) is 71.3 Å². The van der Waals surface area contributed by atoms with Crippen molar-refractivity contribution in [2.45, 2.75) is 31.1 Å². The number of benzene rings is 2. The zero-order valence-corrected chi connectivity index (χ0v) is 17.0. The van der Waals surface area contributed by atoms with Crippen molar-refractivity contribution < 1.29 is 40.7 Å². The number of halogens is 6. The Kier molecular flexibility index (Phi) is 6.80. The summed E-state index contributed by atoms with van der Waals surface area (Å²) in [5.74, 6) is -11.5. The van der Waals surface area contributed by atoms with Gasteiger partial charge in [0.15, 0.2) is 0 Å². The smallest absolute Gasteiger partial charge is 0.274 e. The highest BCUT2D eigenvalue weighted by atomic mass is 19.3. The number of carbonyl (C=O) groups is 3. The van der Waals surface area contributed by atoms with Gasteiger partial charge in [-0.2, -0.15) is 0 Å². The molecule has 0 aliphatic carbocycles. The molecule has 1 saturated heterocycles. The van der Waals surface area contributed by atoms with Crippen molar-refractivity contribution >= 4 is 17.8 Å². The number of barbiturate groups is 1. The van der Waals surface area contributed by atoms with Gasteiger partial charge in [-0.25, -0.2) is 31.1 Å². The number of imide groups is 2. The number of hydrogen-bond donors (Lipinski definition) is 0. The Morgan fingerprint density at radius 3 is 1.45 bits per heavy atom. The van der Waals surface area contributed by atoms with Gasteiger partial charge in [0, 0.05) is 12.8 Å². The number of alkyl halides is 4. The van der Waals surface area contributed by atoms with Crippen LogP contribution in [-0.2, 0) is 22.4 Å². The molecule has 2 aromatic carbocycles. The lowest BCUT2D eigenvalue weighted by molar-refractivity contribution is -0.149. The summed E-state index contributed by atoms with van der Waals surface area (Å²) in [4.78, 5) is 36.8. The van der Waals surface area contributed by atoms with Gasteiger partial charge in [-0.15, -0.1) is 0 Å². The highest BCUT2D eigenvalue weighted by molar-refractivity contribution is 6.14. The molecular weight excluding hydrogens is 454 g/mol. The fourth-order valence-corrected chi connectivity index (χ4v) is 3.46. The highest BCUT2D eigenvalue weighted by Gasteiger charge is 2.46. The second-order valence-electron chi connectivity index (χ2n) is 7.74. The van der Waals surface area contributed by atoms with Gasteiger partial charge < -0.3 is 0 Å². The van der Waals surface area contributed by atoms with E-state index in [0.29, 0.717) is 0 Å². The summed E-state index contributed by atoms with van der Waals surface area (Å²) in [6.07, 6.45) is -3.09. The Balaban J connectivity index is 1.73. The number of carbonyl (C=O) groups excluding carboxylic acids is 3. The molecule has 0 radical (unpaired) electrons. The number of rotatable bonds is 8. The van der Waals surface area contributed by atoms with Gasteiger partial charge in [0.05, 0.1) is 13.1 Å². The summed E-state index contributed by atoms with van der Waals surface area (Å²) >= 11 is 0. The van der Waals surface area contributed by atoms with E-state index in [9.17, 15) is 40.7 Å². The van der Waals surface area contributed by atoms with Crippen molar-refractivity contribution in [1.29, 1.82) is 0 Å². The van der Waals surface area contributed by atoms with Gasteiger partial charge in [-0.1, -0.05) is 24.3 Å². The van der Waals surface area contributed by atoms with Crippen LogP contribution in [0.5, 0.6) is 0 Å². The molecule has 1 heterocycles.